The number of hydrogen-bond acceptors (Lipinski definition) is 5. The van der Waals surface area contributed by atoms with E-state index in [2.05, 4.69) is 9.97 Å². The van der Waals surface area contributed by atoms with E-state index in [0.29, 0.717) is 11.0 Å². The number of β-amino-alcohol motifs (C(OH)–C–C–N with tert-alkyl or cyclic N) is 1. The zero-order chi connectivity index (χ0) is 15.0. The zero-order valence-corrected chi connectivity index (χ0v) is 11.2. The number of carbonyl (C=O) groups is 1. The lowest BCUT2D eigenvalue weighted by Crippen LogP contribution is -2.37. The maximum atomic E-state index is 12.0. The molecule has 110 valence electrons. The minimum Gasteiger partial charge on any atom is -0.480 e. The van der Waals surface area contributed by atoms with Crippen LogP contribution in [-0.4, -0.2) is 49.7 Å². The van der Waals surface area contributed by atoms with Gasteiger partial charge in [-0.3, -0.25) is 14.5 Å². The minimum absolute atomic E-state index is 0.105. The number of nitrogens with zero attached hydrogens (tertiary/aromatic N) is 2. The topological polar surface area (TPSA) is 107 Å². The molecule has 2 aromatic rings. The molecule has 21 heavy (non-hydrogen) atoms. The molecule has 1 aliphatic rings. The second-order valence-corrected chi connectivity index (χ2v) is 5.20. The molecule has 2 heterocycles. The predicted octanol–water partition coefficient (Wildman–Crippen LogP) is -0.0571. The summed E-state index contributed by atoms with van der Waals surface area (Å²) in [6.45, 7) is 0.332. The molecule has 0 saturated carbocycles. The van der Waals surface area contributed by atoms with Crippen LogP contribution in [0, 0.1) is 0 Å². The van der Waals surface area contributed by atoms with Crippen molar-refractivity contribution < 1.29 is 15.0 Å². The molecule has 7 heteroatoms. The molecule has 0 bridgehead atoms. The molecule has 2 unspecified atom stereocenters. The first kappa shape index (κ1) is 13.7. The highest BCUT2D eigenvalue weighted by molar-refractivity contribution is 5.74. The lowest BCUT2D eigenvalue weighted by atomic mass is 10.2. The number of nitrogens with one attached hydrogen (secondary N) is 1. The first-order chi connectivity index (χ1) is 10.0. The predicted molar refractivity (Wildman–Crippen MR) is 74.8 cm³/mol. The van der Waals surface area contributed by atoms with Crippen molar-refractivity contribution in [2.24, 2.45) is 0 Å². The molecule has 0 radical (unpaired) electrons. The molecule has 0 aliphatic carbocycles. The fourth-order valence-corrected chi connectivity index (χ4v) is 2.68. The summed E-state index contributed by atoms with van der Waals surface area (Å²) in [5, 5.41) is 18.8. The normalized spacial score (nSPS) is 22.7. The summed E-state index contributed by atoms with van der Waals surface area (Å²) in [6.07, 6.45) is -0.522. The molecule has 2 atom stereocenters. The molecule has 7 nitrogen and oxygen atoms in total. The summed E-state index contributed by atoms with van der Waals surface area (Å²) < 4.78 is 0. The Morgan fingerprint density at radius 3 is 2.95 bits per heavy atom. The number of benzene rings is 1. The Morgan fingerprint density at radius 2 is 2.19 bits per heavy atom. The zero-order valence-electron chi connectivity index (χ0n) is 11.2. The third kappa shape index (κ3) is 2.65. The van der Waals surface area contributed by atoms with Crippen LogP contribution in [0.15, 0.2) is 29.1 Å². The molecular formula is C14H15N3O4. The van der Waals surface area contributed by atoms with Gasteiger partial charge in [-0.25, -0.2) is 4.98 Å². The number of likely N-dealkylation sites (tertiary alicyclic amines) is 1. The van der Waals surface area contributed by atoms with Crippen LogP contribution in [0.3, 0.4) is 0 Å². The van der Waals surface area contributed by atoms with E-state index in [1.54, 1.807) is 23.1 Å². The summed E-state index contributed by atoms with van der Waals surface area (Å²) in [4.78, 5) is 31.8. The van der Waals surface area contributed by atoms with E-state index in [0.717, 1.165) is 0 Å². The summed E-state index contributed by atoms with van der Waals surface area (Å²) >= 11 is 0. The smallest absolute Gasteiger partial charge is 0.321 e. The van der Waals surface area contributed by atoms with Crippen LogP contribution in [-0.2, 0) is 11.3 Å². The van der Waals surface area contributed by atoms with Gasteiger partial charge in [-0.05, 0) is 12.1 Å². The van der Waals surface area contributed by atoms with Crippen LogP contribution < -0.4 is 5.56 Å². The highest BCUT2D eigenvalue weighted by Gasteiger charge is 2.36. The Hall–Kier alpha value is -2.25. The number of carboxylic acid groups (broad SMARTS) is 1. The van der Waals surface area contributed by atoms with Crippen molar-refractivity contribution in [2.45, 2.75) is 25.1 Å². The van der Waals surface area contributed by atoms with Crippen molar-refractivity contribution in [3.05, 3.63) is 40.3 Å². The second-order valence-electron chi connectivity index (χ2n) is 5.20. The molecular weight excluding hydrogens is 274 g/mol. The number of rotatable bonds is 3. The number of aromatic nitrogens is 2. The van der Waals surface area contributed by atoms with E-state index in [1.165, 1.54) is 0 Å². The average molecular weight is 289 g/mol. The fourth-order valence-electron chi connectivity index (χ4n) is 2.68. The van der Waals surface area contributed by atoms with Gasteiger partial charge in [0.25, 0.3) is 5.56 Å². The lowest BCUT2D eigenvalue weighted by Gasteiger charge is -2.19. The standard InChI is InChI=1S/C14H15N3O4/c18-8-5-12(14(20)21)17(6-8)7-11-13(19)16-10-4-2-1-3-9(10)15-11/h1-4,8,12,18H,5-7H2,(H,16,19)(H,20,21). The van der Waals surface area contributed by atoms with Gasteiger partial charge in [0, 0.05) is 19.5 Å². The molecule has 1 aromatic carbocycles. The molecule has 0 spiro atoms. The van der Waals surface area contributed by atoms with E-state index in [9.17, 15) is 14.7 Å². The van der Waals surface area contributed by atoms with Crippen LogP contribution in [0.5, 0.6) is 0 Å². The Bertz CT molecular complexity index is 742. The molecule has 1 saturated heterocycles. The van der Waals surface area contributed by atoms with E-state index in [4.69, 9.17) is 5.11 Å². The van der Waals surface area contributed by atoms with E-state index in [-0.39, 0.29) is 30.8 Å². The molecule has 0 amide bonds. The van der Waals surface area contributed by atoms with Gasteiger partial charge in [0.15, 0.2) is 0 Å². The van der Waals surface area contributed by atoms with Crippen LogP contribution in [0.1, 0.15) is 12.1 Å². The number of aliphatic hydroxyl groups is 1. The van der Waals surface area contributed by atoms with Crippen LogP contribution in [0.2, 0.25) is 0 Å². The SMILES string of the molecule is O=C(O)C1CC(O)CN1Cc1nc2ccccc2[nH]c1=O. The van der Waals surface area contributed by atoms with Crippen LogP contribution in [0.4, 0.5) is 0 Å². The number of aliphatic carboxylic acids is 1. The highest BCUT2D eigenvalue weighted by Crippen LogP contribution is 2.20. The van der Waals surface area contributed by atoms with Crippen molar-refractivity contribution in [3.63, 3.8) is 0 Å². The van der Waals surface area contributed by atoms with Crippen LogP contribution in [0.25, 0.3) is 11.0 Å². The maximum Gasteiger partial charge on any atom is 0.321 e. The number of carboxylic acids is 1. The van der Waals surface area contributed by atoms with Crippen LogP contribution >= 0.6 is 0 Å². The quantitative estimate of drug-likeness (QED) is 0.731. The van der Waals surface area contributed by atoms with Gasteiger partial charge in [-0.2, -0.15) is 0 Å². The van der Waals surface area contributed by atoms with Crippen molar-refractivity contribution in [1.29, 1.82) is 0 Å². The Morgan fingerprint density at radius 1 is 1.43 bits per heavy atom. The number of para-hydroxylation sites is 2. The number of aliphatic hydroxyl groups excluding tert-OH is 1. The number of H-pyrrole nitrogens is 1. The summed E-state index contributed by atoms with van der Waals surface area (Å²) in [7, 11) is 0. The van der Waals surface area contributed by atoms with Gasteiger partial charge < -0.3 is 15.2 Å². The Kier molecular flexibility index (Phi) is 3.44. The second kappa shape index (κ2) is 5.27. The Balaban J connectivity index is 1.92. The summed E-state index contributed by atoms with van der Waals surface area (Å²) in [6, 6.07) is 6.37. The Labute approximate surface area is 119 Å². The first-order valence-corrected chi connectivity index (χ1v) is 6.67. The molecule has 1 aromatic heterocycles. The third-order valence-corrected chi connectivity index (χ3v) is 3.69. The highest BCUT2D eigenvalue weighted by atomic mass is 16.4. The molecule has 3 N–H and O–H groups in total. The van der Waals surface area contributed by atoms with E-state index >= 15 is 0 Å². The largest absolute Gasteiger partial charge is 0.480 e. The van der Waals surface area contributed by atoms with Gasteiger partial charge in [0.2, 0.25) is 0 Å². The number of hydrogen-bond donors (Lipinski definition) is 3. The fraction of sp³-hybridized carbons (Fsp3) is 0.357. The van der Waals surface area contributed by atoms with Gasteiger partial charge in [0.1, 0.15) is 11.7 Å². The summed E-state index contributed by atoms with van der Waals surface area (Å²) in [5.74, 6) is -0.997. The molecule has 1 aliphatic heterocycles. The first-order valence-electron chi connectivity index (χ1n) is 6.67. The minimum atomic E-state index is -0.997. The number of aromatic amines is 1. The lowest BCUT2D eigenvalue weighted by molar-refractivity contribution is -0.142. The third-order valence-electron chi connectivity index (χ3n) is 3.69. The van der Waals surface area contributed by atoms with Gasteiger partial charge >= 0.3 is 5.97 Å². The van der Waals surface area contributed by atoms with Crippen molar-refractivity contribution >= 4 is 17.0 Å². The summed E-state index contributed by atoms with van der Waals surface area (Å²) in [5.41, 5.74) is 1.22. The monoisotopic (exact) mass is 289 g/mol. The van der Waals surface area contributed by atoms with Gasteiger partial charge in [-0.1, -0.05) is 12.1 Å². The van der Waals surface area contributed by atoms with E-state index in [1.807, 2.05) is 6.07 Å². The van der Waals surface area contributed by atoms with Crippen molar-refractivity contribution in [2.75, 3.05) is 6.54 Å². The van der Waals surface area contributed by atoms with Gasteiger partial charge in [0.05, 0.1) is 17.1 Å². The van der Waals surface area contributed by atoms with Crippen molar-refractivity contribution in [1.82, 2.24) is 14.9 Å². The maximum absolute atomic E-state index is 12.0. The molecule has 1 fully saturated rings. The molecule has 3 rings (SSSR count). The number of fused-ring (bicyclic) bond motifs is 1. The van der Waals surface area contributed by atoms with Gasteiger partial charge in [-0.15, -0.1) is 0 Å². The van der Waals surface area contributed by atoms with Crippen molar-refractivity contribution in [3.8, 4) is 0 Å². The van der Waals surface area contributed by atoms with E-state index < -0.39 is 18.1 Å². The average Bonchev–Trinajstić information content (AvgIpc) is 2.81.